The minimum atomic E-state index is 0.240. The number of nitrogens with zero attached hydrogens (tertiary/aromatic N) is 2. The van der Waals surface area contributed by atoms with E-state index in [0.717, 1.165) is 23.5 Å². The van der Waals surface area contributed by atoms with Gasteiger partial charge in [0.25, 0.3) is 0 Å². The molecule has 2 rings (SSSR count). The first kappa shape index (κ1) is 11.0. The molecule has 3 heteroatoms. The summed E-state index contributed by atoms with van der Waals surface area (Å²) in [5.74, 6) is 1.95. The molecule has 0 saturated heterocycles. The van der Waals surface area contributed by atoms with Crippen LogP contribution in [0.2, 0.25) is 0 Å². The van der Waals surface area contributed by atoms with E-state index in [4.69, 9.17) is 4.74 Å². The number of aromatic nitrogens is 2. The quantitative estimate of drug-likeness (QED) is 0.774. The summed E-state index contributed by atoms with van der Waals surface area (Å²) in [5, 5.41) is 0. The number of methoxy groups -OCH3 is 1. The highest BCUT2D eigenvalue weighted by Gasteiger charge is 2.15. The molecule has 0 unspecified atom stereocenters. The average Bonchev–Trinajstić information content (AvgIpc) is 2.58. The molecule has 3 nitrogen and oxygen atoms in total. The summed E-state index contributed by atoms with van der Waals surface area (Å²) in [6.45, 7) is 6.65. The van der Waals surface area contributed by atoms with Gasteiger partial charge in [0.05, 0.1) is 25.0 Å². The van der Waals surface area contributed by atoms with Gasteiger partial charge in [-0.2, -0.15) is 0 Å². The Morgan fingerprint density at radius 2 is 2.06 bits per heavy atom. The summed E-state index contributed by atoms with van der Waals surface area (Å²) < 4.78 is 7.33. The van der Waals surface area contributed by atoms with Crippen LogP contribution in [0.1, 0.15) is 26.6 Å². The lowest BCUT2D eigenvalue weighted by molar-refractivity contribution is 0.396. The Balaban J connectivity index is 2.46. The number of hydrogen-bond donors (Lipinski definition) is 0. The van der Waals surface area contributed by atoms with E-state index in [1.807, 2.05) is 24.5 Å². The molecule has 0 fully saturated rings. The lowest BCUT2D eigenvalue weighted by atomic mass is 9.92. The van der Waals surface area contributed by atoms with Crippen LogP contribution in [0.3, 0.4) is 0 Å². The lowest BCUT2D eigenvalue weighted by Crippen LogP contribution is -2.11. The summed E-state index contributed by atoms with van der Waals surface area (Å²) in [7, 11) is 1.68. The Morgan fingerprint density at radius 3 is 2.69 bits per heavy atom. The Morgan fingerprint density at radius 1 is 1.31 bits per heavy atom. The van der Waals surface area contributed by atoms with Crippen molar-refractivity contribution in [3.8, 4) is 5.75 Å². The van der Waals surface area contributed by atoms with Gasteiger partial charge in [0.2, 0.25) is 0 Å². The van der Waals surface area contributed by atoms with Crippen LogP contribution in [-0.2, 0) is 6.42 Å². The summed E-state index contributed by atoms with van der Waals surface area (Å²) in [4.78, 5) is 4.46. The molecule has 2 aromatic rings. The SMILES string of the molecule is COc1ccc2cnc(CC(C)(C)C)n2c1. The van der Waals surface area contributed by atoms with E-state index in [2.05, 4.69) is 30.2 Å². The zero-order valence-corrected chi connectivity index (χ0v) is 10.3. The highest BCUT2D eigenvalue weighted by atomic mass is 16.5. The van der Waals surface area contributed by atoms with Crippen LogP contribution in [0.25, 0.3) is 5.52 Å². The number of imidazole rings is 1. The Labute approximate surface area is 96.1 Å². The van der Waals surface area contributed by atoms with E-state index in [9.17, 15) is 0 Å². The molecule has 16 heavy (non-hydrogen) atoms. The van der Waals surface area contributed by atoms with Crippen molar-refractivity contribution in [2.24, 2.45) is 5.41 Å². The van der Waals surface area contributed by atoms with Gasteiger partial charge < -0.3 is 9.14 Å². The first-order valence-corrected chi connectivity index (χ1v) is 5.49. The van der Waals surface area contributed by atoms with E-state index < -0.39 is 0 Å². The number of hydrogen-bond acceptors (Lipinski definition) is 2. The third-order valence-corrected chi connectivity index (χ3v) is 2.50. The van der Waals surface area contributed by atoms with Gasteiger partial charge in [-0.05, 0) is 17.5 Å². The van der Waals surface area contributed by atoms with Gasteiger partial charge in [-0.1, -0.05) is 20.8 Å². The lowest BCUT2D eigenvalue weighted by Gasteiger charge is -2.16. The summed E-state index contributed by atoms with van der Waals surface area (Å²) in [6, 6.07) is 3.98. The standard InChI is InChI=1S/C13H18N2O/c1-13(2,3)7-12-14-8-10-5-6-11(16-4)9-15(10)12/h5-6,8-9H,7H2,1-4H3. The second-order valence-electron chi connectivity index (χ2n) is 5.28. The largest absolute Gasteiger partial charge is 0.495 e. The van der Waals surface area contributed by atoms with E-state index in [1.54, 1.807) is 7.11 Å². The molecule has 2 heterocycles. The minimum absolute atomic E-state index is 0.240. The molecule has 86 valence electrons. The fourth-order valence-electron chi connectivity index (χ4n) is 1.75. The van der Waals surface area contributed by atoms with Crippen LogP contribution in [0.15, 0.2) is 24.5 Å². The van der Waals surface area contributed by atoms with Crippen LogP contribution < -0.4 is 4.74 Å². The van der Waals surface area contributed by atoms with Gasteiger partial charge in [-0.25, -0.2) is 4.98 Å². The van der Waals surface area contributed by atoms with Crippen molar-refractivity contribution in [1.29, 1.82) is 0 Å². The Hall–Kier alpha value is -1.51. The second kappa shape index (κ2) is 3.81. The third-order valence-electron chi connectivity index (χ3n) is 2.50. The second-order valence-corrected chi connectivity index (χ2v) is 5.28. The van der Waals surface area contributed by atoms with E-state index in [-0.39, 0.29) is 5.41 Å². The molecule has 0 spiro atoms. The number of pyridine rings is 1. The van der Waals surface area contributed by atoms with Crippen LogP contribution in [0.5, 0.6) is 5.75 Å². The molecular formula is C13H18N2O. The normalized spacial score (nSPS) is 12.0. The van der Waals surface area contributed by atoms with Crippen molar-refractivity contribution in [2.45, 2.75) is 27.2 Å². The summed E-state index contributed by atoms with van der Waals surface area (Å²) in [5.41, 5.74) is 1.35. The topological polar surface area (TPSA) is 26.5 Å². The average molecular weight is 218 g/mol. The molecule has 0 saturated carbocycles. The fraction of sp³-hybridized carbons (Fsp3) is 0.462. The predicted octanol–water partition coefficient (Wildman–Crippen LogP) is 2.93. The smallest absolute Gasteiger partial charge is 0.135 e. The van der Waals surface area contributed by atoms with Crippen molar-refractivity contribution in [3.05, 3.63) is 30.4 Å². The molecule has 0 amide bonds. The number of ether oxygens (including phenoxy) is 1. The third kappa shape index (κ3) is 2.18. The van der Waals surface area contributed by atoms with Gasteiger partial charge in [0, 0.05) is 6.42 Å². The van der Waals surface area contributed by atoms with Crippen LogP contribution in [0, 0.1) is 5.41 Å². The first-order valence-electron chi connectivity index (χ1n) is 5.49. The van der Waals surface area contributed by atoms with Crippen LogP contribution >= 0.6 is 0 Å². The van der Waals surface area contributed by atoms with Crippen molar-refractivity contribution in [2.75, 3.05) is 7.11 Å². The van der Waals surface area contributed by atoms with Crippen molar-refractivity contribution < 1.29 is 4.74 Å². The van der Waals surface area contributed by atoms with Crippen molar-refractivity contribution in [3.63, 3.8) is 0 Å². The molecule has 0 radical (unpaired) electrons. The zero-order chi connectivity index (χ0) is 11.8. The van der Waals surface area contributed by atoms with Gasteiger partial charge in [-0.15, -0.1) is 0 Å². The van der Waals surface area contributed by atoms with Crippen LogP contribution in [0.4, 0.5) is 0 Å². The molecule has 0 aliphatic carbocycles. The Bertz CT molecular complexity index is 494. The summed E-state index contributed by atoms with van der Waals surface area (Å²) in [6.07, 6.45) is 4.85. The molecule has 0 atom stereocenters. The van der Waals surface area contributed by atoms with Gasteiger partial charge in [0.1, 0.15) is 11.6 Å². The zero-order valence-electron chi connectivity index (χ0n) is 10.3. The highest BCUT2D eigenvalue weighted by Crippen LogP contribution is 2.22. The fourth-order valence-corrected chi connectivity index (χ4v) is 1.75. The van der Waals surface area contributed by atoms with Gasteiger partial charge in [-0.3, -0.25) is 0 Å². The van der Waals surface area contributed by atoms with E-state index in [1.165, 1.54) is 0 Å². The first-order chi connectivity index (χ1) is 7.49. The number of rotatable bonds is 2. The Kier molecular flexibility index (Phi) is 2.62. The van der Waals surface area contributed by atoms with Gasteiger partial charge in [0.15, 0.2) is 0 Å². The van der Waals surface area contributed by atoms with Crippen molar-refractivity contribution in [1.82, 2.24) is 9.38 Å². The van der Waals surface area contributed by atoms with Gasteiger partial charge >= 0.3 is 0 Å². The molecule has 0 aromatic carbocycles. The van der Waals surface area contributed by atoms with E-state index >= 15 is 0 Å². The molecule has 0 N–H and O–H groups in total. The molecule has 2 aromatic heterocycles. The molecular weight excluding hydrogens is 200 g/mol. The maximum absolute atomic E-state index is 5.23. The maximum atomic E-state index is 5.23. The highest BCUT2D eigenvalue weighted by molar-refractivity contribution is 5.48. The maximum Gasteiger partial charge on any atom is 0.135 e. The number of fused-ring (bicyclic) bond motifs is 1. The monoisotopic (exact) mass is 218 g/mol. The molecule has 0 aliphatic heterocycles. The predicted molar refractivity (Wildman–Crippen MR) is 64.9 cm³/mol. The van der Waals surface area contributed by atoms with E-state index in [0.29, 0.717) is 0 Å². The van der Waals surface area contributed by atoms with Crippen molar-refractivity contribution >= 4 is 5.52 Å². The minimum Gasteiger partial charge on any atom is -0.495 e. The molecule has 0 bridgehead atoms. The van der Waals surface area contributed by atoms with Crippen LogP contribution in [-0.4, -0.2) is 16.5 Å². The molecule has 0 aliphatic rings. The summed E-state index contributed by atoms with van der Waals surface area (Å²) >= 11 is 0.